The van der Waals surface area contributed by atoms with Gasteiger partial charge in [-0.1, -0.05) is 12.2 Å². The summed E-state index contributed by atoms with van der Waals surface area (Å²) < 4.78 is 22.7. The van der Waals surface area contributed by atoms with Gasteiger partial charge in [0, 0.05) is 25.0 Å². The zero-order chi connectivity index (χ0) is 11.6. The van der Waals surface area contributed by atoms with Crippen LogP contribution in [0.2, 0.25) is 0 Å². The van der Waals surface area contributed by atoms with E-state index < -0.39 is 9.84 Å². The van der Waals surface area contributed by atoms with E-state index in [-0.39, 0.29) is 23.6 Å². The summed E-state index contributed by atoms with van der Waals surface area (Å²) in [5.41, 5.74) is 5.49. The fraction of sp³-hybridized carbons (Fsp3) is 0.889. The summed E-state index contributed by atoms with van der Waals surface area (Å²) in [4.78, 5) is 2.66. The van der Waals surface area contributed by atoms with Crippen LogP contribution in [0.4, 0.5) is 0 Å². The quantitative estimate of drug-likeness (QED) is 0.724. The van der Waals surface area contributed by atoms with Gasteiger partial charge in [-0.15, -0.1) is 0 Å². The molecule has 0 bridgehead atoms. The highest BCUT2D eigenvalue weighted by molar-refractivity contribution is 7.91. The Labute approximate surface area is 96.7 Å². The largest absolute Gasteiger partial charge is 0.393 e. The van der Waals surface area contributed by atoms with E-state index >= 15 is 0 Å². The summed E-state index contributed by atoms with van der Waals surface area (Å²) in [6, 6.07) is 0.293. The van der Waals surface area contributed by atoms with Crippen LogP contribution in [0.3, 0.4) is 0 Å². The Morgan fingerprint density at radius 2 is 2.27 bits per heavy atom. The molecule has 2 unspecified atom stereocenters. The molecular formula is C9H18N2O2S2. The van der Waals surface area contributed by atoms with E-state index in [0.29, 0.717) is 18.0 Å². The molecule has 1 rings (SSSR count). The Hall–Kier alpha value is -0.200. The molecular weight excluding hydrogens is 232 g/mol. The molecule has 2 atom stereocenters. The van der Waals surface area contributed by atoms with E-state index in [4.69, 9.17) is 18.0 Å². The normalized spacial score (nSPS) is 28.5. The lowest BCUT2D eigenvalue weighted by molar-refractivity contribution is 0.172. The molecule has 0 spiro atoms. The van der Waals surface area contributed by atoms with E-state index in [9.17, 15) is 8.42 Å². The molecule has 15 heavy (non-hydrogen) atoms. The van der Waals surface area contributed by atoms with Crippen LogP contribution in [0.15, 0.2) is 0 Å². The van der Waals surface area contributed by atoms with Gasteiger partial charge in [0.05, 0.1) is 16.5 Å². The highest BCUT2D eigenvalue weighted by Gasteiger charge is 2.30. The zero-order valence-electron chi connectivity index (χ0n) is 9.14. The van der Waals surface area contributed by atoms with Crippen molar-refractivity contribution < 1.29 is 8.42 Å². The summed E-state index contributed by atoms with van der Waals surface area (Å²) in [5.74, 6) is 0.494. The second-order valence-corrected chi connectivity index (χ2v) is 6.97. The fourth-order valence-corrected chi connectivity index (χ4v) is 3.90. The van der Waals surface area contributed by atoms with Crippen LogP contribution >= 0.6 is 12.2 Å². The van der Waals surface area contributed by atoms with Crippen LogP contribution in [0.1, 0.15) is 20.3 Å². The predicted octanol–water partition coefficient (Wildman–Crippen LogP) is 0.170. The van der Waals surface area contributed by atoms with Gasteiger partial charge in [0.2, 0.25) is 0 Å². The van der Waals surface area contributed by atoms with Gasteiger partial charge in [0.1, 0.15) is 0 Å². The van der Waals surface area contributed by atoms with E-state index in [1.54, 1.807) is 0 Å². The second-order valence-electron chi connectivity index (χ2n) is 4.22. The van der Waals surface area contributed by atoms with Crippen molar-refractivity contribution in [2.24, 2.45) is 5.73 Å². The minimum atomic E-state index is -2.83. The number of thiocarbonyl (C=S) groups is 1. The van der Waals surface area contributed by atoms with Gasteiger partial charge in [-0.05, 0) is 13.8 Å². The standard InChI is InChI=1S/C9H18N2O2S2/c1-7(5-9(10)14)11-3-4-15(12,13)6-8(11)2/h7-8H,3-6H2,1-2H3,(H2,10,14). The molecule has 0 radical (unpaired) electrons. The van der Waals surface area contributed by atoms with Gasteiger partial charge < -0.3 is 5.73 Å². The molecule has 1 fully saturated rings. The van der Waals surface area contributed by atoms with E-state index in [1.807, 2.05) is 13.8 Å². The lowest BCUT2D eigenvalue weighted by Crippen LogP contribution is -2.51. The van der Waals surface area contributed by atoms with Crippen molar-refractivity contribution in [2.75, 3.05) is 18.1 Å². The maximum absolute atomic E-state index is 11.4. The minimum absolute atomic E-state index is 0.0631. The second kappa shape index (κ2) is 4.76. The smallest absolute Gasteiger partial charge is 0.153 e. The van der Waals surface area contributed by atoms with Crippen LogP contribution in [0.5, 0.6) is 0 Å². The summed E-state index contributed by atoms with van der Waals surface area (Å²) in [7, 11) is -2.83. The first kappa shape index (κ1) is 12.9. The molecule has 1 heterocycles. The summed E-state index contributed by atoms with van der Waals surface area (Å²) in [5, 5.41) is 0. The number of nitrogens with zero attached hydrogens (tertiary/aromatic N) is 1. The Balaban J connectivity index is 2.61. The molecule has 1 aliphatic rings. The molecule has 1 aliphatic heterocycles. The number of hydrogen-bond acceptors (Lipinski definition) is 4. The van der Waals surface area contributed by atoms with E-state index in [1.165, 1.54) is 0 Å². The summed E-state index contributed by atoms with van der Waals surface area (Å²) in [6.07, 6.45) is 0.653. The van der Waals surface area contributed by atoms with Crippen molar-refractivity contribution in [1.82, 2.24) is 4.90 Å². The minimum Gasteiger partial charge on any atom is -0.393 e. The van der Waals surface area contributed by atoms with Crippen molar-refractivity contribution in [3.05, 3.63) is 0 Å². The monoisotopic (exact) mass is 250 g/mol. The van der Waals surface area contributed by atoms with Gasteiger partial charge in [0.25, 0.3) is 0 Å². The Kier molecular flexibility index (Phi) is 4.08. The molecule has 1 saturated heterocycles. The van der Waals surface area contributed by atoms with Crippen LogP contribution in [-0.4, -0.2) is 48.4 Å². The molecule has 0 amide bonds. The number of hydrogen-bond donors (Lipinski definition) is 1. The lowest BCUT2D eigenvalue weighted by Gasteiger charge is -2.37. The molecule has 88 valence electrons. The molecule has 6 heteroatoms. The van der Waals surface area contributed by atoms with Crippen molar-refractivity contribution in [3.63, 3.8) is 0 Å². The maximum atomic E-state index is 11.4. The van der Waals surface area contributed by atoms with Gasteiger partial charge in [-0.3, -0.25) is 4.90 Å². The predicted molar refractivity (Wildman–Crippen MR) is 65.7 cm³/mol. The van der Waals surface area contributed by atoms with Crippen molar-refractivity contribution in [1.29, 1.82) is 0 Å². The number of nitrogens with two attached hydrogens (primary N) is 1. The van der Waals surface area contributed by atoms with Crippen LogP contribution in [-0.2, 0) is 9.84 Å². The Morgan fingerprint density at radius 1 is 1.67 bits per heavy atom. The highest BCUT2D eigenvalue weighted by atomic mass is 32.2. The fourth-order valence-electron chi connectivity index (χ4n) is 2.07. The Morgan fingerprint density at radius 3 is 2.73 bits per heavy atom. The maximum Gasteiger partial charge on any atom is 0.153 e. The molecule has 2 N–H and O–H groups in total. The molecule has 4 nitrogen and oxygen atoms in total. The Bertz CT molecular complexity index is 340. The van der Waals surface area contributed by atoms with Crippen LogP contribution in [0, 0.1) is 0 Å². The highest BCUT2D eigenvalue weighted by Crippen LogP contribution is 2.16. The van der Waals surface area contributed by atoms with Crippen molar-refractivity contribution in [3.8, 4) is 0 Å². The third kappa shape index (κ3) is 3.70. The average Bonchev–Trinajstić information content (AvgIpc) is 1.99. The first-order valence-corrected chi connectivity index (χ1v) is 7.29. The average molecular weight is 250 g/mol. The molecule has 0 aromatic rings. The van der Waals surface area contributed by atoms with Gasteiger partial charge >= 0.3 is 0 Å². The molecule has 0 aliphatic carbocycles. The van der Waals surface area contributed by atoms with E-state index in [0.717, 1.165) is 0 Å². The third-order valence-corrected chi connectivity index (χ3v) is 4.75. The third-order valence-electron chi connectivity index (χ3n) is 2.78. The summed E-state index contributed by atoms with van der Waals surface area (Å²) in [6.45, 7) is 4.56. The summed E-state index contributed by atoms with van der Waals surface area (Å²) >= 11 is 4.86. The van der Waals surface area contributed by atoms with Gasteiger partial charge in [-0.25, -0.2) is 8.42 Å². The van der Waals surface area contributed by atoms with Crippen LogP contribution < -0.4 is 5.73 Å². The number of sulfone groups is 1. The van der Waals surface area contributed by atoms with Crippen molar-refractivity contribution >= 4 is 27.0 Å². The molecule has 0 aromatic carbocycles. The first-order valence-electron chi connectivity index (χ1n) is 5.06. The molecule has 0 aromatic heterocycles. The van der Waals surface area contributed by atoms with Crippen molar-refractivity contribution in [2.45, 2.75) is 32.4 Å². The zero-order valence-corrected chi connectivity index (χ0v) is 10.8. The topological polar surface area (TPSA) is 63.4 Å². The lowest BCUT2D eigenvalue weighted by atomic mass is 10.1. The molecule has 0 saturated carbocycles. The van der Waals surface area contributed by atoms with Crippen LogP contribution in [0.25, 0.3) is 0 Å². The van der Waals surface area contributed by atoms with Gasteiger partial charge in [-0.2, -0.15) is 0 Å². The van der Waals surface area contributed by atoms with Gasteiger partial charge in [0.15, 0.2) is 9.84 Å². The SMILES string of the molecule is CC(CC(N)=S)N1CCS(=O)(=O)CC1C. The first-order chi connectivity index (χ1) is 6.82. The number of rotatable bonds is 3. The van der Waals surface area contributed by atoms with E-state index in [2.05, 4.69) is 4.90 Å².